The monoisotopic (exact) mass is 385 g/mol. The van der Waals surface area contributed by atoms with Crippen LogP contribution in [0.2, 0.25) is 0 Å². The van der Waals surface area contributed by atoms with Gasteiger partial charge in [0.2, 0.25) is 11.9 Å². The number of hydrogen-bond donors (Lipinski definition) is 2. The summed E-state index contributed by atoms with van der Waals surface area (Å²) in [6.07, 6.45) is 8.15. The molecule has 0 radical (unpaired) electrons. The van der Waals surface area contributed by atoms with E-state index in [4.69, 9.17) is 10.5 Å². The number of amides is 1. The molecule has 3 aliphatic heterocycles. The van der Waals surface area contributed by atoms with Crippen LogP contribution in [0.5, 0.6) is 0 Å². The van der Waals surface area contributed by atoms with Gasteiger partial charge in [0.15, 0.2) is 0 Å². The van der Waals surface area contributed by atoms with Crippen molar-refractivity contribution in [3.63, 3.8) is 0 Å². The van der Waals surface area contributed by atoms with Gasteiger partial charge in [-0.25, -0.2) is 4.98 Å². The van der Waals surface area contributed by atoms with Gasteiger partial charge < -0.3 is 20.7 Å². The Morgan fingerprint density at radius 3 is 3.00 bits per heavy atom. The smallest absolute Gasteiger partial charge is 0.222 e. The Morgan fingerprint density at radius 2 is 2.25 bits per heavy atom. The number of aromatic nitrogens is 2. The van der Waals surface area contributed by atoms with Crippen LogP contribution in [0.1, 0.15) is 50.6 Å². The lowest BCUT2D eigenvalue weighted by molar-refractivity contribution is -0.121. The average molecular weight is 386 g/mol. The molecule has 5 rings (SSSR count). The number of ether oxygens (including phenoxy) is 1. The second kappa shape index (κ2) is 6.87. The maximum absolute atomic E-state index is 12.3. The van der Waals surface area contributed by atoms with Crippen LogP contribution in [-0.2, 0) is 9.53 Å². The van der Waals surface area contributed by atoms with Crippen molar-refractivity contribution in [3.8, 4) is 0 Å². The van der Waals surface area contributed by atoms with Crippen LogP contribution in [0.15, 0.2) is 6.07 Å². The van der Waals surface area contributed by atoms with E-state index >= 15 is 0 Å². The summed E-state index contributed by atoms with van der Waals surface area (Å²) in [5.74, 6) is 3.04. The Hall–Kier alpha value is -1.89. The topological polar surface area (TPSA) is 93.4 Å². The van der Waals surface area contributed by atoms with Crippen LogP contribution in [0.25, 0.3) is 0 Å². The molecule has 7 nitrogen and oxygen atoms in total. The van der Waals surface area contributed by atoms with Crippen molar-refractivity contribution in [1.29, 1.82) is 0 Å². The molecule has 1 amide bonds. The molecule has 0 unspecified atom stereocenters. The number of nitrogens with one attached hydrogen (secondary N) is 1. The highest BCUT2D eigenvalue weighted by Gasteiger charge is 2.63. The van der Waals surface area contributed by atoms with Crippen molar-refractivity contribution in [2.75, 3.05) is 30.3 Å². The van der Waals surface area contributed by atoms with E-state index in [2.05, 4.69) is 20.2 Å². The molecular weight excluding hydrogens is 354 g/mol. The molecule has 28 heavy (non-hydrogen) atoms. The van der Waals surface area contributed by atoms with Gasteiger partial charge in [-0.3, -0.25) is 4.79 Å². The summed E-state index contributed by atoms with van der Waals surface area (Å²) in [4.78, 5) is 23.2. The maximum atomic E-state index is 12.3. The SMILES string of the molecule is Cc1cc(N2C[C@@H]3[C@H](CNC(=O)CCC4CCC4)[C@H]4CC[C@]3(C2)O4)nc(N)n1. The molecule has 152 valence electrons. The molecule has 1 aromatic rings. The van der Waals surface area contributed by atoms with Gasteiger partial charge in [0.25, 0.3) is 0 Å². The van der Waals surface area contributed by atoms with Gasteiger partial charge in [-0.2, -0.15) is 4.98 Å². The fourth-order valence-corrected chi connectivity index (χ4v) is 5.81. The maximum Gasteiger partial charge on any atom is 0.222 e. The fraction of sp³-hybridized carbons (Fsp3) is 0.762. The zero-order chi connectivity index (χ0) is 19.3. The summed E-state index contributed by atoms with van der Waals surface area (Å²) in [6.45, 7) is 4.45. The summed E-state index contributed by atoms with van der Waals surface area (Å²) < 4.78 is 6.50. The number of nitrogens with two attached hydrogens (primary N) is 1. The molecule has 1 saturated carbocycles. The second-order valence-corrected chi connectivity index (χ2v) is 9.28. The Balaban J connectivity index is 1.22. The van der Waals surface area contributed by atoms with Crippen molar-refractivity contribution < 1.29 is 9.53 Å². The van der Waals surface area contributed by atoms with Crippen LogP contribution in [-0.4, -0.2) is 47.2 Å². The molecule has 4 aliphatic rings. The highest BCUT2D eigenvalue weighted by Crippen LogP contribution is 2.55. The molecule has 1 aromatic heterocycles. The largest absolute Gasteiger partial charge is 0.369 e. The minimum Gasteiger partial charge on any atom is -0.369 e. The summed E-state index contributed by atoms with van der Waals surface area (Å²) in [7, 11) is 0. The number of carbonyl (C=O) groups excluding carboxylic acids is 1. The van der Waals surface area contributed by atoms with Crippen LogP contribution < -0.4 is 16.0 Å². The highest BCUT2D eigenvalue weighted by molar-refractivity contribution is 5.75. The third-order valence-electron chi connectivity index (χ3n) is 7.51. The van der Waals surface area contributed by atoms with Gasteiger partial charge in [0, 0.05) is 49.7 Å². The van der Waals surface area contributed by atoms with E-state index in [1.165, 1.54) is 19.3 Å². The zero-order valence-electron chi connectivity index (χ0n) is 16.7. The Labute approximate surface area is 166 Å². The lowest BCUT2D eigenvalue weighted by Gasteiger charge is -2.29. The number of aryl methyl sites for hydroxylation is 1. The number of nitrogens with zero attached hydrogens (tertiary/aromatic N) is 3. The molecule has 4 fully saturated rings. The first-order chi connectivity index (χ1) is 13.5. The standard InChI is InChI=1S/C21H31N5O2/c1-13-9-18(25-20(22)24-13)26-11-16-15(17-7-8-21(16,12-26)28-17)10-23-19(27)6-5-14-3-2-4-14/h9,14-17H,2-8,10-12H2,1H3,(H,23,27)(H2,22,24,25)/t15-,16+,17+,21+/m0/s1. The fourth-order valence-electron chi connectivity index (χ4n) is 5.81. The van der Waals surface area contributed by atoms with Gasteiger partial charge in [0.05, 0.1) is 11.7 Å². The van der Waals surface area contributed by atoms with Crippen LogP contribution in [0.4, 0.5) is 11.8 Å². The highest BCUT2D eigenvalue weighted by atomic mass is 16.5. The first-order valence-electron chi connectivity index (χ1n) is 10.8. The van der Waals surface area contributed by atoms with Crippen LogP contribution >= 0.6 is 0 Å². The van der Waals surface area contributed by atoms with E-state index in [-0.39, 0.29) is 17.6 Å². The van der Waals surface area contributed by atoms with Crippen LogP contribution in [0.3, 0.4) is 0 Å². The molecule has 2 bridgehead atoms. The van der Waals surface area contributed by atoms with E-state index < -0.39 is 0 Å². The van der Waals surface area contributed by atoms with Crippen molar-refractivity contribution >= 4 is 17.7 Å². The van der Waals surface area contributed by atoms with Crippen molar-refractivity contribution in [2.24, 2.45) is 17.8 Å². The van der Waals surface area contributed by atoms with Crippen LogP contribution in [0, 0.1) is 24.7 Å². The quantitative estimate of drug-likeness (QED) is 0.778. The molecule has 0 aromatic carbocycles. The predicted octanol–water partition coefficient (Wildman–Crippen LogP) is 2.05. The number of rotatable bonds is 6. The van der Waals surface area contributed by atoms with E-state index in [0.29, 0.717) is 24.2 Å². The molecule has 1 aliphatic carbocycles. The zero-order valence-corrected chi connectivity index (χ0v) is 16.7. The van der Waals surface area contributed by atoms with E-state index in [1.54, 1.807) is 0 Å². The normalized spacial score (nSPS) is 33.8. The molecule has 3 N–H and O–H groups in total. The molecule has 3 saturated heterocycles. The van der Waals surface area contributed by atoms with Gasteiger partial charge in [-0.05, 0) is 32.1 Å². The Morgan fingerprint density at radius 1 is 1.39 bits per heavy atom. The number of carbonyl (C=O) groups is 1. The summed E-state index contributed by atoms with van der Waals surface area (Å²) >= 11 is 0. The summed E-state index contributed by atoms with van der Waals surface area (Å²) in [5.41, 5.74) is 6.66. The van der Waals surface area contributed by atoms with Gasteiger partial charge in [-0.15, -0.1) is 0 Å². The number of anilines is 2. The van der Waals surface area contributed by atoms with Gasteiger partial charge >= 0.3 is 0 Å². The summed E-state index contributed by atoms with van der Waals surface area (Å²) in [6, 6.07) is 2.00. The lowest BCUT2D eigenvalue weighted by atomic mass is 9.73. The molecule has 4 atom stereocenters. The number of hydrogen-bond acceptors (Lipinski definition) is 6. The second-order valence-electron chi connectivity index (χ2n) is 9.28. The van der Waals surface area contributed by atoms with E-state index in [1.807, 2.05) is 13.0 Å². The molecule has 1 spiro atoms. The van der Waals surface area contributed by atoms with Crippen molar-refractivity contribution in [1.82, 2.24) is 15.3 Å². The number of fused-ring (bicyclic) bond motifs is 1. The minimum atomic E-state index is -0.0837. The molecule has 7 heteroatoms. The molecular formula is C21H31N5O2. The van der Waals surface area contributed by atoms with Gasteiger partial charge in [0.1, 0.15) is 5.82 Å². The third kappa shape index (κ3) is 3.13. The van der Waals surface area contributed by atoms with E-state index in [9.17, 15) is 4.79 Å². The Kier molecular flexibility index (Phi) is 4.45. The van der Waals surface area contributed by atoms with Crippen molar-refractivity contribution in [2.45, 2.75) is 63.6 Å². The first kappa shape index (κ1) is 18.2. The third-order valence-corrected chi connectivity index (χ3v) is 7.51. The summed E-state index contributed by atoms with van der Waals surface area (Å²) in [5, 5.41) is 3.21. The number of nitrogen functional groups attached to an aromatic ring is 1. The predicted molar refractivity (Wildman–Crippen MR) is 107 cm³/mol. The first-order valence-corrected chi connectivity index (χ1v) is 10.8. The van der Waals surface area contributed by atoms with Crippen molar-refractivity contribution in [3.05, 3.63) is 11.8 Å². The minimum absolute atomic E-state index is 0.0837. The lowest BCUT2D eigenvalue weighted by Crippen LogP contribution is -2.42. The van der Waals surface area contributed by atoms with E-state index in [0.717, 1.165) is 56.3 Å². The van der Waals surface area contributed by atoms with Gasteiger partial charge in [-0.1, -0.05) is 19.3 Å². The molecule has 4 heterocycles. The Bertz CT molecular complexity index is 747. The average Bonchev–Trinajstić information content (AvgIpc) is 3.26.